The minimum Gasteiger partial charge on any atom is -0.478 e. The van der Waals surface area contributed by atoms with Crippen LogP contribution >= 0.6 is 0 Å². The van der Waals surface area contributed by atoms with E-state index in [1.807, 2.05) is 0 Å². The number of aliphatic carboxylic acids is 1. The molecular formula is C15H18FNO2. The molecule has 4 heteroatoms. The van der Waals surface area contributed by atoms with Gasteiger partial charge in [-0.1, -0.05) is 12.5 Å². The van der Waals surface area contributed by atoms with Crippen LogP contribution in [0, 0.1) is 5.82 Å². The van der Waals surface area contributed by atoms with E-state index in [2.05, 4.69) is 4.90 Å². The monoisotopic (exact) mass is 263 g/mol. The number of likely N-dealkylation sites (tertiary alicyclic amines) is 1. The van der Waals surface area contributed by atoms with Crippen molar-refractivity contribution < 1.29 is 14.3 Å². The molecule has 1 aromatic carbocycles. The predicted molar refractivity (Wildman–Crippen MR) is 72.2 cm³/mol. The van der Waals surface area contributed by atoms with Gasteiger partial charge in [0, 0.05) is 18.2 Å². The Morgan fingerprint density at radius 3 is 2.74 bits per heavy atom. The summed E-state index contributed by atoms with van der Waals surface area (Å²) in [5.74, 6) is -1.46. The van der Waals surface area contributed by atoms with Gasteiger partial charge in [0.05, 0.1) is 0 Å². The molecular weight excluding hydrogens is 245 g/mol. The van der Waals surface area contributed by atoms with Crippen LogP contribution in [0.4, 0.5) is 4.39 Å². The number of carboxylic acids is 1. The predicted octanol–water partition coefficient (Wildman–Crippen LogP) is 2.91. The van der Waals surface area contributed by atoms with Gasteiger partial charge in [-0.15, -0.1) is 0 Å². The summed E-state index contributed by atoms with van der Waals surface area (Å²) >= 11 is 0. The highest BCUT2D eigenvalue weighted by Gasteiger charge is 2.11. The van der Waals surface area contributed by atoms with Crippen molar-refractivity contribution in [1.82, 2.24) is 4.90 Å². The lowest BCUT2D eigenvalue weighted by molar-refractivity contribution is -0.131. The third-order valence-electron chi connectivity index (χ3n) is 3.32. The molecule has 1 N–H and O–H groups in total. The van der Waals surface area contributed by atoms with Crippen LogP contribution in [0.25, 0.3) is 6.08 Å². The summed E-state index contributed by atoms with van der Waals surface area (Å²) in [5.41, 5.74) is 1.35. The van der Waals surface area contributed by atoms with Gasteiger partial charge in [-0.3, -0.25) is 4.90 Å². The van der Waals surface area contributed by atoms with E-state index in [-0.39, 0.29) is 5.82 Å². The molecule has 1 aliphatic rings. The van der Waals surface area contributed by atoms with E-state index in [9.17, 15) is 9.18 Å². The zero-order chi connectivity index (χ0) is 13.7. The average molecular weight is 263 g/mol. The van der Waals surface area contributed by atoms with Crippen LogP contribution in [-0.4, -0.2) is 29.1 Å². The van der Waals surface area contributed by atoms with E-state index in [4.69, 9.17) is 5.11 Å². The highest BCUT2D eigenvalue weighted by molar-refractivity contribution is 5.85. The van der Waals surface area contributed by atoms with Crippen molar-refractivity contribution in [3.8, 4) is 0 Å². The van der Waals surface area contributed by atoms with E-state index in [1.54, 1.807) is 12.1 Å². The number of halogens is 1. The maximum atomic E-state index is 13.5. The average Bonchev–Trinajstić information content (AvgIpc) is 2.40. The van der Waals surface area contributed by atoms with Gasteiger partial charge in [0.2, 0.25) is 0 Å². The summed E-state index contributed by atoms with van der Waals surface area (Å²) in [6, 6.07) is 4.90. The SMILES string of the molecule is O=C(O)C=Cc1cc(CN2CCCCC2)ccc1F. The van der Waals surface area contributed by atoms with Crippen LogP contribution < -0.4 is 0 Å². The van der Waals surface area contributed by atoms with Crippen molar-refractivity contribution >= 4 is 12.0 Å². The summed E-state index contributed by atoms with van der Waals surface area (Å²) in [6.45, 7) is 2.96. The first-order valence-electron chi connectivity index (χ1n) is 6.57. The zero-order valence-corrected chi connectivity index (χ0v) is 10.8. The van der Waals surface area contributed by atoms with Gasteiger partial charge in [-0.25, -0.2) is 9.18 Å². The Balaban J connectivity index is 2.08. The standard InChI is InChI=1S/C15H18FNO2/c16-14-6-4-12(10-13(14)5-7-15(18)19)11-17-8-2-1-3-9-17/h4-7,10H,1-3,8-9,11H2,(H,18,19). The smallest absolute Gasteiger partial charge is 0.328 e. The first-order valence-corrected chi connectivity index (χ1v) is 6.57. The molecule has 2 rings (SSSR count). The molecule has 102 valence electrons. The van der Waals surface area contributed by atoms with Crippen molar-refractivity contribution in [2.24, 2.45) is 0 Å². The molecule has 0 amide bonds. The van der Waals surface area contributed by atoms with E-state index in [1.165, 1.54) is 31.4 Å². The van der Waals surface area contributed by atoms with Crippen LogP contribution in [-0.2, 0) is 11.3 Å². The highest BCUT2D eigenvalue weighted by atomic mass is 19.1. The van der Waals surface area contributed by atoms with E-state index >= 15 is 0 Å². The minimum atomic E-state index is -1.07. The molecule has 1 heterocycles. The van der Waals surface area contributed by atoms with Crippen molar-refractivity contribution in [1.29, 1.82) is 0 Å². The number of nitrogens with zero attached hydrogens (tertiary/aromatic N) is 1. The molecule has 0 unspecified atom stereocenters. The molecule has 0 saturated carbocycles. The Hall–Kier alpha value is -1.68. The number of benzene rings is 1. The van der Waals surface area contributed by atoms with E-state index in [0.717, 1.165) is 31.3 Å². The fraction of sp³-hybridized carbons (Fsp3) is 0.400. The van der Waals surface area contributed by atoms with Gasteiger partial charge < -0.3 is 5.11 Å². The summed E-state index contributed by atoms with van der Waals surface area (Å²) in [6.07, 6.45) is 5.98. The zero-order valence-electron chi connectivity index (χ0n) is 10.8. The number of rotatable bonds is 4. The van der Waals surface area contributed by atoms with E-state index < -0.39 is 5.97 Å². The second-order valence-corrected chi connectivity index (χ2v) is 4.86. The van der Waals surface area contributed by atoms with Crippen LogP contribution in [0.1, 0.15) is 30.4 Å². The molecule has 0 aliphatic carbocycles. The Morgan fingerprint density at radius 2 is 2.05 bits per heavy atom. The second kappa shape index (κ2) is 6.48. The molecule has 0 atom stereocenters. The van der Waals surface area contributed by atoms with E-state index in [0.29, 0.717) is 5.56 Å². The molecule has 3 nitrogen and oxygen atoms in total. The van der Waals surface area contributed by atoms with Crippen molar-refractivity contribution in [3.05, 3.63) is 41.2 Å². The Labute approximate surface area is 112 Å². The molecule has 1 aromatic rings. The van der Waals surface area contributed by atoms with Crippen molar-refractivity contribution in [2.45, 2.75) is 25.8 Å². The van der Waals surface area contributed by atoms with Crippen LogP contribution in [0.5, 0.6) is 0 Å². The molecule has 0 spiro atoms. The molecule has 1 saturated heterocycles. The molecule has 1 fully saturated rings. The third-order valence-corrected chi connectivity index (χ3v) is 3.32. The van der Waals surface area contributed by atoms with Gasteiger partial charge in [0.15, 0.2) is 0 Å². The first-order chi connectivity index (χ1) is 9.15. The second-order valence-electron chi connectivity index (χ2n) is 4.86. The minimum absolute atomic E-state index is 0.330. The molecule has 0 bridgehead atoms. The van der Waals surface area contributed by atoms with Crippen LogP contribution in [0.15, 0.2) is 24.3 Å². The fourth-order valence-corrected chi connectivity index (χ4v) is 2.36. The number of piperidine rings is 1. The summed E-state index contributed by atoms with van der Waals surface area (Å²) in [7, 11) is 0. The number of carboxylic acid groups (broad SMARTS) is 1. The normalized spacial score (nSPS) is 16.9. The lowest BCUT2D eigenvalue weighted by Crippen LogP contribution is -2.29. The summed E-state index contributed by atoms with van der Waals surface area (Å²) < 4.78 is 13.5. The van der Waals surface area contributed by atoms with Gasteiger partial charge in [0.25, 0.3) is 0 Å². The maximum absolute atomic E-state index is 13.5. The summed E-state index contributed by atoms with van der Waals surface area (Å²) in [4.78, 5) is 12.8. The maximum Gasteiger partial charge on any atom is 0.328 e. The van der Waals surface area contributed by atoms with Crippen LogP contribution in [0.3, 0.4) is 0 Å². The topological polar surface area (TPSA) is 40.5 Å². The molecule has 1 aliphatic heterocycles. The Bertz CT molecular complexity index is 479. The highest BCUT2D eigenvalue weighted by Crippen LogP contribution is 2.16. The van der Waals surface area contributed by atoms with Crippen molar-refractivity contribution in [2.75, 3.05) is 13.1 Å². The number of carbonyl (C=O) groups is 1. The first kappa shape index (κ1) is 13.7. The largest absolute Gasteiger partial charge is 0.478 e. The van der Waals surface area contributed by atoms with Gasteiger partial charge >= 0.3 is 5.97 Å². The van der Waals surface area contributed by atoms with Gasteiger partial charge in [-0.2, -0.15) is 0 Å². The van der Waals surface area contributed by atoms with Gasteiger partial charge in [-0.05, 0) is 49.7 Å². The lowest BCUT2D eigenvalue weighted by Gasteiger charge is -2.26. The van der Waals surface area contributed by atoms with Crippen molar-refractivity contribution in [3.63, 3.8) is 0 Å². The fourth-order valence-electron chi connectivity index (χ4n) is 2.36. The molecule has 0 aromatic heterocycles. The lowest BCUT2D eigenvalue weighted by atomic mass is 10.1. The molecule has 0 radical (unpaired) electrons. The summed E-state index contributed by atoms with van der Waals surface area (Å²) in [5, 5.41) is 8.58. The quantitative estimate of drug-likeness (QED) is 0.849. The molecule has 19 heavy (non-hydrogen) atoms. The third kappa shape index (κ3) is 4.17. The van der Waals surface area contributed by atoms with Crippen LogP contribution in [0.2, 0.25) is 0 Å². The van der Waals surface area contributed by atoms with Gasteiger partial charge in [0.1, 0.15) is 5.82 Å². The number of hydrogen-bond acceptors (Lipinski definition) is 2. The Morgan fingerprint density at radius 1 is 1.32 bits per heavy atom. The number of hydrogen-bond donors (Lipinski definition) is 1. The Kier molecular flexibility index (Phi) is 4.68.